The van der Waals surface area contributed by atoms with E-state index in [0.717, 1.165) is 22.4 Å². The van der Waals surface area contributed by atoms with Crippen LogP contribution < -0.4 is 4.74 Å². The van der Waals surface area contributed by atoms with Crippen LogP contribution in [0.4, 0.5) is 0 Å². The molecule has 0 aromatic heterocycles. The first-order chi connectivity index (χ1) is 15.8. The molecule has 3 atom stereocenters. The quantitative estimate of drug-likeness (QED) is 0.362. The van der Waals surface area contributed by atoms with Crippen LogP contribution in [-0.4, -0.2) is 38.6 Å². The second kappa shape index (κ2) is 11.8. The maximum Gasteiger partial charge on any atom is 0.118 e. The summed E-state index contributed by atoms with van der Waals surface area (Å²) in [5.41, 5.74) is 3.32. The summed E-state index contributed by atoms with van der Waals surface area (Å²) in [4.78, 5) is 0. The van der Waals surface area contributed by atoms with Crippen LogP contribution >= 0.6 is 0 Å². The van der Waals surface area contributed by atoms with Gasteiger partial charge in [0.25, 0.3) is 0 Å². The Kier molecular flexibility index (Phi) is 8.29. The van der Waals surface area contributed by atoms with Crippen molar-refractivity contribution in [2.75, 3.05) is 20.3 Å². The van der Waals surface area contributed by atoms with Crippen LogP contribution in [0.25, 0.3) is 0 Å². The summed E-state index contributed by atoms with van der Waals surface area (Å²) in [6.45, 7) is 2.60. The predicted molar refractivity (Wildman–Crippen MR) is 122 cm³/mol. The molecule has 3 aromatic rings. The first kappa shape index (κ1) is 22.5. The van der Waals surface area contributed by atoms with Gasteiger partial charge in [0, 0.05) is 0 Å². The standard InChI is InChI=1S/C27H30O5/c1-28-24-14-12-23(13-15-24)17-30-25(19-29-16-21-8-4-2-5-9-21)27(26-20-31-26)32-18-22-10-6-3-7-11-22/h2-15,25-27H,16-20H2,1H3/t25-,26-,27+/m1/s1. The maximum atomic E-state index is 6.32. The van der Waals surface area contributed by atoms with Gasteiger partial charge in [-0.1, -0.05) is 72.8 Å². The zero-order valence-corrected chi connectivity index (χ0v) is 18.4. The Balaban J connectivity index is 1.40. The van der Waals surface area contributed by atoms with Gasteiger partial charge in [0.1, 0.15) is 24.1 Å². The van der Waals surface area contributed by atoms with E-state index in [4.69, 9.17) is 23.7 Å². The molecule has 168 valence electrons. The Morgan fingerprint density at radius 2 is 1.31 bits per heavy atom. The summed E-state index contributed by atoms with van der Waals surface area (Å²) in [7, 11) is 1.66. The summed E-state index contributed by atoms with van der Waals surface area (Å²) in [5.74, 6) is 0.826. The van der Waals surface area contributed by atoms with Crippen molar-refractivity contribution in [1.29, 1.82) is 0 Å². The molecule has 1 heterocycles. The Morgan fingerprint density at radius 3 is 1.91 bits per heavy atom. The normalized spacial score (nSPS) is 17.0. The van der Waals surface area contributed by atoms with E-state index in [-0.39, 0.29) is 18.3 Å². The Labute approximate surface area is 189 Å². The minimum Gasteiger partial charge on any atom is -0.497 e. The minimum absolute atomic E-state index is 0.0277. The van der Waals surface area contributed by atoms with Crippen molar-refractivity contribution in [2.24, 2.45) is 0 Å². The van der Waals surface area contributed by atoms with E-state index < -0.39 is 0 Å². The lowest BCUT2D eigenvalue weighted by Crippen LogP contribution is -2.39. The predicted octanol–water partition coefficient (Wildman–Crippen LogP) is 4.78. The number of hydrogen-bond donors (Lipinski definition) is 0. The van der Waals surface area contributed by atoms with E-state index in [1.54, 1.807) is 7.11 Å². The van der Waals surface area contributed by atoms with Crippen LogP contribution in [0.5, 0.6) is 5.75 Å². The first-order valence-electron chi connectivity index (χ1n) is 10.9. The average molecular weight is 435 g/mol. The summed E-state index contributed by atoms with van der Waals surface area (Å²) in [6, 6.07) is 28.2. The highest BCUT2D eigenvalue weighted by Crippen LogP contribution is 2.25. The van der Waals surface area contributed by atoms with Crippen molar-refractivity contribution < 1.29 is 23.7 Å². The smallest absolute Gasteiger partial charge is 0.118 e. The molecule has 0 saturated carbocycles. The van der Waals surface area contributed by atoms with Crippen LogP contribution in [0.1, 0.15) is 16.7 Å². The van der Waals surface area contributed by atoms with Gasteiger partial charge in [-0.05, 0) is 28.8 Å². The number of ether oxygens (including phenoxy) is 5. The van der Waals surface area contributed by atoms with E-state index in [0.29, 0.717) is 33.0 Å². The Hall–Kier alpha value is -2.70. The maximum absolute atomic E-state index is 6.32. The molecule has 5 nitrogen and oxygen atoms in total. The molecule has 0 bridgehead atoms. The Bertz CT molecular complexity index is 910. The molecular weight excluding hydrogens is 404 g/mol. The summed E-state index contributed by atoms with van der Waals surface area (Å²) < 4.78 is 29.5. The van der Waals surface area contributed by atoms with E-state index in [2.05, 4.69) is 24.3 Å². The van der Waals surface area contributed by atoms with Crippen molar-refractivity contribution in [2.45, 2.75) is 38.1 Å². The number of epoxide rings is 1. The molecule has 32 heavy (non-hydrogen) atoms. The van der Waals surface area contributed by atoms with Gasteiger partial charge in [0.2, 0.25) is 0 Å². The third-order valence-corrected chi connectivity index (χ3v) is 5.39. The molecule has 1 aliphatic heterocycles. The summed E-state index contributed by atoms with van der Waals surface area (Å²) >= 11 is 0. The van der Waals surface area contributed by atoms with Crippen LogP contribution in [-0.2, 0) is 38.8 Å². The fourth-order valence-corrected chi connectivity index (χ4v) is 3.50. The fraction of sp³-hybridized carbons (Fsp3) is 0.333. The van der Waals surface area contributed by atoms with Gasteiger partial charge in [-0.3, -0.25) is 0 Å². The van der Waals surface area contributed by atoms with Crippen molar-refractivity contribution in [3.63, 3.8) is 0 Å². The molecule has 5 heteroatoms. The van der Waals surface area contributed by atoms with Crippen molar-refractivity contribution in [3.8, 4) is 5.75 Å². The third-order valence-electron chi connectivity index (χ3n) is 5.39. The molecule has 0 amide bonds. The van der Waals surface area contributed by atoms with Crippen LogP contribution in [0.15, 0.2) is 84.9 Å². The van der Waals surface area contributed by atoms with Crippen molar-refractivity contribution >= 4 is 0 Å². The van der Waals surface area contributed by atoms with Crippen LogP contribution in [0.2, 0.25) is 0 Å². The first-order valence-corrected chi connectivity index (χ1v) is 10.9. The van der Waals surface area contributed by atoms with Gasteiger partial charge in [-0.25, -0.2) is 0 Å². The molecule has 0 aliphatic carbocycles. The second-order valence-corrected chi connectivity index (χ2v) is 7.83. The fourth-order valence-electron chi connectivity index (χ4n) is 3.50. The number of methoxy groups -OCH3 is 1. The van der Waals surface area contributed by atoms with E-state index in [1.165, 1.54) is 0 Å². The molecule has 0 N–H and O–H groups in total. The monoisotopic (exact) mass is 434 g/mol. The molecule has 1 aliphatic rings. The second-order valence-electron chi connectivity index (χ2n) is 7.83. The molecule has 0 unspecified atom stereocenters. The minimum atomic E-state index is -0.253. The average Bonchev–Trinajstić information content (AvgIpc) is 3.69. The summed E-state index contributed by atoms with van der Waals surface area (Å²) in [5, 5.41) is 0. The molecule has 3 aromatic carbocycles. The zero-order chi connectivity index (χ0) is 22.0. The topological polar surface area (TPSA) is 49.5 Å². The molecule has 1 saturated heterocycles. The van der Waals surface area contributed by atoms with Gasteiger partial charge in [0.05, 0.1) is 40.1 Å². The lowest BCUT2D eigenvalue weighted by Gasteiger charge is -2.27. The van der Waals surface area contributed by atoms with E-state index in [1.807, 2.05) is 60.7 Å². The van der Waals surface area contributed by atoms with E-state index in [9.17, 15) is 0 Å². The third kappa shape index (κ3) is 6.90. The lowest BCUT2D eigenvalue weighted by molar-refractivity contribution is -0.124. The van der Waals surface area contributed by atoms with E-state index >= 15 is 0 Å². The lowest BCUT2D eigenvalue weighted by atomic mass is 10.1. The summed E-state index contributed by atoms with van der Waals surface area (Å²) in [6.07, 6.45) is -0.429. The highest BCUT2D eigenvalue weighted by molar-refractivity contribution is 5.26. The SMILES string of the molecule is COc1ccc(CO[C@H](COCc2ccccc2)[C@H](OCc2ccccc2)[C@H]2CO2)cc1. The van der Waals surface area contributed by atoms with Gasteiger partial charge in [0.15, 0.2) is 0 Å². The molecule has 1 fully saturated rings. The highest BCUT2D eigenvalue weighted by atomic mass is 16.6. The van der Waals surface area contributed by atoms with Gasteiger partial charge < -0.3 is 23.7 Å². The largest absolute Gasteiger partial charge is 0.497 e. The molecular formula is C27H30O5. The highest BCUT2D eigenvalue weighted by Gasteiger charge is 2.40. The Morgan fingerprint density at radius 1 is 0.750 bits per heavy atom. The number of hydrogen-bond acceptors (Lipinski definition) is 5. The van der Waals surface area contributed by atoms with Gasteiger partial charge >= 0.3 is 0 Å². The molecule has 0 spiro atoms. The number of benzene rings is 3. The van der Waals surface area contributed by atoms with Crippen molar-refractivity contribution in [1.82, 2.24) is 0 Å². The zero-order valence-electron chi connectivity index (χ0n) is 18.4. The van der Waals surface area contributed by atoms with Crippen LogP contribution in [0.3, 0.4) is 0 Å². The molecule has 4 rings (SSSR count). The van der Waals surface area contributed by atoms with Crippen LogP contribution in [0, 0.1) is 0 Å². The molecule has 0 radical (unpaired) electrons. The number of rotatable bonds is 13. The van der Waals surface area contributed by atoms with Gasteiger partial charge in [-0.15, -0.1) is 0 Å². The van der Waals surface area contributed by atoms with Crippen molar-refractivity contribution in [3.05, 3.63) is 102 Å². The van der Waals surface area contributed by atoms with Gasteiger partial charge in [-0.2, -0.15) is 0 Å².